The molecule has 2 heterocycles. The van der Waals surface area contributed by atoms with Gasteiger partial charge in [-0.3, -0.25) is 0 Å². The second-order valence-electron chi connectivity index (χ2n) is 10.5. The van der Waals surface area contributed by atoms with Gasteiger partial charge in [-0.2, -0.15) is 0 Å². The quantitative estimate of drug-likeness (QED) is 0.230. The first-order valence-electron chi connectivity index (χ1n) is 13.8. The number of benzene rings is 6. The number of furan rings is 1. The van der Waals surface area contributed by atoms with Crippen molar-refractivity contribution in [3.8, 4) is 0 Å². The monoisotopic (exact) mass is 512 g/mol. The van der Waals surface area contributed by atoms with Crippen molar-refractivity contribution in [2.45, 2.75) is 6.42 Å². The van der Waals surface area contributed by atoms with Crippen LogP contribution in [-0.4, -0.2) is 0 Å². The number of nitrogens with zero attached hydrogens (tertiary/aromatic N) is 2. The Morgan fingerprint density at radius 3 is 2.20 bits per heavy atom. The minimum Gasteiger partial charge on any atom is -0.454 e. The van der Waals surface area contributed by atoms with Crippen molar-refractivity contribution in [3.05, 3.63) is 139 Å². The van der Waals surface area contributed by atoms with Crippen molar-refractivity contribution < 1.29 is 4.42 Å². The van der Waals surface area contributed by atoms with Crippen LogP contribution in [0.5, 0.6) is 0 Å². The molecule has 0 fully saturated rings. The lowest BCUT2D eigenvalue weighted by molar-refractivity contribution is 0.669. The van der Waals surface area contributed by atoms with Crippen LogP contribution in [0.3, 0.4) is 0 Å². The molecule has 0 saturated carbocycles. The van der Waals surface area contributed by atoms with Crippen LogP contribution in [0.25, 0.3) is 38.8 Å². The molecule has 0 amide bonds. The molecule has 0 spiro atoms. The number of anilines is 6. The van der Waals surface area contributed by atoms with E-state index in [0.29, 0.717) is 0 Å². The number of allylic oxidation sites excluding steroid dienone is 1. The third kappa shape index (κ3) is 2.89. The van der Waals surface area contributed by atoms with Gasteiger partial charge in [-0.25, -0.2) is 0 Å². The Morgan fingerprint density at radius 1 is 0.575 bits per heavy atom. The van der Waals surface area contributed by atoms with E-state index in [2.05, 4.69) is 137 Å². The summed E-state index contributed by atoms with van der Waals surface area (Å²) >= 11 is 0. The molecule has 3 heteroatoms. The second-order valence-corrected chi connectivity index (χ2v) is 10.5. The van der Waals surface area contributed by atoms with E-state index in [1.807, 2.05) is 6.07 Å². The van der Waals surface area contributed by atoms with Crippen molar-refractivity contribution in [1.82, 2.24) is 0 Å². The highest BCUT2D eigenvalue weighted by Crippen LogP contribution is 2.58. The van der Waals surface area contributed by atoms with Crippen LogP contribution in [0.4, 0.5) is 34.1 Å². The van der Waals surface area contributed by atoms with Gasteiger partial charge in [0.05, 0.1) is 28.4 Å². The largest absolute Gasteiger partial charge is 0.454 e. The molecule has 3 nitrogen and oxygen atoms in total. The van der Waals surface area contributed by atoms with Crippen molar-refractivity contribution in [3.63, 3.8) is 0 Å². The van der Waals surface area contributed by atoms with Crippen molar-refractivity contribution in [2.75, 3.05) is 9.80 Å². The molecule has 0 radical (unpaired) electrons. The summed E-state index contributed by atoms with van der Waals surface area (Å²) in [6.45, 7) is 0. The molecule has 6 aromatic carbocycles. The zero-order chi connectivity index (χ0) is 26.2. The molecule has 0 atom stereocenters. The Balaban J connectivity index is 1.44. The Kier molecular flexibility index (Phi) is 4.39. The van der Waals surface area contributed by atoms with Crippen LogP contribution < -0.4 is 9.80 Å². The standard InChI is InChI=1S/C37H24N2O/c1-2-14-26(15-3-1)38-30-19-5-6-20-31(30)39(32-21-10-17-28-27-16-4-7-22-34(27)40-37(28)32)33-23-25-13-8-11-24-12-9-18-29(35(24)25)36(33)38/h1-17,19-23H,18H2. The molecule has 1 aliphatic carbocycles. The third-order valence-electron chi connectivity index (χ3n) is 8.34. The lowest BCUT2D eigenvalue weighted by Crippen LogP contribution is -2.25. The van der Waals surface area contributed by atoms with Gasteiger partial charge < -0.3 is 14.2 Å². The van der Waals surface area contributed by atoms with Gasteiger partial charge in [0.15, 0.2) is 5.58 Å². The van der Waals surface area contributed by atoms with Crippen LogP contribution in [0, 0.1) is 0 Å². The Bertz CT molecular complexity index is 2160. The number of fused-ring (bicyclic) bond motifs is 6. The normalized spacial score (nSPS) is 13.7. The van der Waals surface area contributed by atoms with Crippen LogP contribution in [0.15, 0.2) is 132 Å². The van der Waals surface area contributed by atoms with E-state index in [9.17, 15) is 0 Å². The van der Waals surface area contributed by atoms with E-state index < -0.39 is 0 Å². The summed E-state index contributed by atoms with van der Waals surface area (Å²) in [6.07, 6.45) is 5.44. The summed E-state index contributed by atoms with van der Waals surface area (Å²) < 4.78 is 6.59. The fourth-order valence-electron chi connectivity index (χ4n) is 6.71. The van der Waals surface area contributed by atoms with Crippen molar-refractivity contribution in [2.24, 2.45) is 0 Å². The lowest BCUT2D eigenvalue weighted by Gasteiger charge is -2.42. The molecule has 40 heavy (non-hydrogen) atoms. The molecular formula is C37H24N2O. The van der Waals surface area contributed by atoms with Crippen LogP contribution in [0.2, 0.25) is 0 Å². The van der Waals surface area contributed by atoms with Gasteiger partial charge in [0.2, 0.25) is 0 Å². The summed E-state index contributed by atoms with van der Waals surface area (Å²) in [5.41, 5.74) is 11.3. The number of para-hydroxylation sites is 5. The fraction of sp³-hybridized carbons (Fsp3) is 0.0270. The van der Waals surface area contributed by atoms with Gasteiger partial charge in [0.25, 0.3) is 0 Å². The predicted molar refractivity (Wildman–Crippen MR) is 167 cm³/mol. The lowest BCUT2D eigenvalue weighted by atomic mass is 9.88. The van der Waals surface area contributed by atoms with Crippen LogP contribution in [0.1, 0.15) is 11.1 Å². The minimum absolute atomic E-state index is 0.880. The average molecular weight is 513 g/mol. The molecular weight excluding hydrogens is 488 g/mol. The van der Waals surface area contributed by atoms with Crippen molar-refractivity contribution >= 4 is 72.9 Å². The maximum absolute atomic E-state index is 6.59. The van der Waals surface area contributed by atoms with Gasteiger partial charge in [0, 0.05) is 16.5 Å². The summed E-state index contributed by atoms with van der Waals surface area (Å²) in [6, 6.07) is 43.3. The van der Waals surface area contributed by atoms with Gasteiger partial charge in [-0.1, -0.05) is 91.0 Å². The maximum Gasteiger partial charge on any atom is 0.159 e. The maximum atomic E-state index is 6.59. The fourth-order valence-corrected chi connectivity index (χ4v) is 6.71. The van der Waals surface area contributed by atoms with Gasteiger partial charge in [-0.05, 0) is 70.8 Å². The SMILES string of the molecule is C1=Cc2cccc3cc4c(c(c23)C1)N(c1ccccc1)c1ccccc1N4c1cccc2c1oc1ccccc12. The highest BCUT2D eigenvalue weighted by atomic mass is 16.3. The zero-order valence-electron chi connectivity index (χ0n) is 21.7. The summed E-state index contributed by atoms with van der Waals surface area (Å²) in [4.78, 5) is 4.86. The minimum atomic E-state index is 0.880. The van der Waals surface area contributed by atoms with E-state index >= 15 is 0 Å². The molecule has 9 rings (SSSR count). The first-order chi connectivity index (χ1) is 19.9. The molecule has 0 saturated heterocycles. The number of rotatable bonds is 2. The summed E-state index contributed by atoms with van der Waals surface area (Å²) in [5.74, 6) is 0. The third-order valence-corrected chi connectivity index (χ3v) is 8.34. The van der Waals surface area contributed by atoms with E-state index in [1.165, 1.54) is 27.6 Å². The molecule has 1 aliphatic heterocycles. The highest BCUT2D eigenvalue weighted by Gasteiger charge is 2.35. The molecule has 2 aliphatic rings. The number of hydrogen-bond donors (Lipinski definition) is 0. The molecule has 0 N–H and O–H groups in total. The van der Waals surface area contributed by atoms with E-state index in [-0.39, 0.29) is 0 Å². The second kappa shape index (κ2) is 8.11. The molecule has 188 valence electrons. The Hall–Kier alpha value is -5.28. The number of hydrogen-bond acceptors (Lipinski definition) is 3. The average Bonchev–Trinajstić information content (AvgIpc) is 3.40. The van der Waals surface area contributed by atoms with E-state index in [1.54, 1.807) is 0 Å². The highest BCUT2D eigenvalue weighted by molar-refractivity contribution is 6.15. The van der Waals surface area contributed by atoms with Crippen LogP contribution >= 0.6 is 0 Å². The summed E-state index contributed by atoms with van der Waals surface area (Å²) in [7, 11) is 0. The van der Waals surface area contributed by atoms with Crippen molar-refractivity contribution in [1.29, 1.82) is 0 Å². The molecule has 0 bridgehead atoms. The zero-order valence-corrected chi connectivity index (χ0v) is 21.7. The molecule has 7 aromatic rings. The molecule has 0 unspecified atom stereocenters. The Morgan fingerprint density at radius 2 is 1.30 bits per heavy atom. The molecule has 1 aromatic heterocycles. The summed E-state index contributed by atoms with van der Waals surface area (Å²) in [5, 5.41) is 4.86. The van der Waals surface area contributed by atoms with Gasteiger partial charge in [-0.15, -0.1) is 0 Å². The van der Waals surface area contributed by atoms with E-state index in [0.717, 1.165) is 56.8 Å². The first kappa shape index (κ1) is 21.6. The predicted octanol–water partition coefficient (Wildman–Crippen LogP) is 10.6. The van der Waals surface area contributed by atoms with Crippen LogP contribution in [-0.2, 0) is 6.42 Å². The van der Waals surface area contributed by atoms with Gasteiger partial charge >= 0.3 is 0 Å². The topological polar surface area (TPSA) is 19.6 Å². The smallest absolute Gasteiger partial charge is 0.159 e. The Labute approximate surface area is 231 Å². The van der Waals surface area contributed by atoms with Gasteiger partial charge in [0.1, 0.15) is 5.58 Å². The van der Waals surface area contributed by atoms with E-state index in [4.69, 9.17) is 4.42 Å². The first-order valence-corrected chi connectivity index (χ1v) is 13.8.